The number of rotatable bonds is 3. The molecule has 126 valence electrons. The van der Waals surface area contributed by atoms with Crippen LogP contribution in [-0.4, -0.2) is 44.1 Å². The summed E-state index contributed by atoms with van der Waals surface area (Å²) in [5.74, 6) is 2.51. The Morgan fingerprint density at radius 3 is 2.88 bits per heavy atom. The average molecular weight is 327 g/mol. The number of pyridine rings is 1. The predicted molar refractivity (Wildman–Crippen MR) is 88.0 cm³/mol. The van der Waals surface area contributed by atoms with Crippen molar-refractivity contribution in [2.45, 2.75) is 44.4 Å². The second-order valence-corrected chi connectivity index (χ2v) is 6.84. The first-order valence-electron chi connectivity index (χ1n) is 8.52. The van der Waals surface area contributed by atoms with Crippen LogP contribution in [0, 0.1) is 6.92 Å². The van der Waals surface area contributed by atoms with E-state index in [1.165, 1.54) is 25.1 Å². The number of aryl methyl sites for hydroxylation is 1. The maximum absolute atomic E-state index is 12.8. The lowest BCUT2D eigenvalue weighted by Crippen LogP contribution is -2.40. The molecular weight excluding hydrogens is 306 g/mol. The summed E-state index contributed by atoms with van der Waals surface area (Å²) in [5, 5.41) is 7.43. The standard InChI is InChI=1S/C17H21N5O2/c1-10-7-14(23)18-8-13(10)17(24)22-6-2-3-12(9-22)16-19-15(20-21-16)11-4-5-11/h7-8,11-12H,2-6,9H2,1H3,(H,18,23)(H,19,20,21). The van der Waals surface area contributed by atoms with Crippen LogP contribution < -0.4 is 5.56 Å². The van der Waals surface area contributed by atoms with Gasteiger partial charge in [0.25, 0.3) is 5.91 Å². The van der Waals surface area contributed by atoms with E-state index in [4.69, 9.17) is 0 Å². The molecular formula is C17H21N5O2. The smallest absolute Gasteiger partial charge is 0.255 e. The van der Waals surface area contributed by atoms with Gasteiger partial charge >= 0.3 is 0 Å². The Kier molecular flexibility index (Phi) is 3.70. The molecule has 0 aromatic carbocycles. The topological polar surface area (TPSA) is 94.7 Å². The number of likely N-dealkylation sites (tertiary alicyclic amines) is 1. The number of H-pyrrole nitrogens is 2. The Morgan fingerprint density at radius 2 is 2.12 bits per heavy atom. The number of nitrogens with zero attached hydrogens (tertiary/aromatic N) is 3. The number of carbonyl (C=O) groups excluding carboxylic acids is 1. The molecule has 2 aliphatic rings. The highest BCUT2D eigenvalue weighted by atomic mass is 16.2. The van der Waals surface area contributed by atoms with E-state index in [1.807, 2.05) is 4.90 Å². The number of amides is 1. The zero-order chi connectivity index (χ0) is 16.7. The highest BCUT2D eigenvalue weighted by Crippen LogP contribution is 2.38. The van der Waals surface area contributed by atoms with Crippen molar-refractivity contribution in [2.75, 3.05) is 13.1 Å². The molecule has 1 aliphatic heterocycles. The van der Waals surface area contributed by atoms with E-state index in [0.29, 0.717) is 23.6 Å². The molecule has 7 heteroatoms. The number of nitrogens with one attached hydrogen (secondary N) is 2. The summed E-state index contributed by atoms with van der Waals surface area (Å²) in [6.45, 7) is 3.15. The Morgan fingerprint density at radius 1 is 1.29 bits per heavy atom. The van der Waals surface area contributed by atoms with Crippen LogP contribution in [0.15, 0.2) is 17.1 Å². The first-order chi connectivity index (χ1) is 11.6. The van der Waals surface area contributed by atoms with E-state index in [2.05, 4.69) is 20.2 Å². The van der Waals surface area contributed by atoms with Crippen LogP contribution in [0.5, 0.6) is 0 Å². The molecule has 2 aromatic heterocycles. The van der Waals surface area contributed by atoms with E-state index in [1.54, 1.807) is 6.92 Å². The van der Waals surface area contributed by atoms with Gasteiger partial charge in [-0.15, -0.1) is 0 Å². The molecule has 1 aliphatic carbocycles. The molecule has 1 saturated carbocycles. The lowest BCUT2D eigenvalue weighted by Gasteiger charge is -2.31. The Hall–Kier alpha value is -2.44. The highest BCUT2D eigenvalue weighted by molar-refractivity contribution is 5.95. The summed E-state index contributed by atoms with van der Waals surface area (Å²) in [7, 11) is 0. The molecule has 2 fully saturated rings. The number of aromatic nitrogens is 4. The fraction of sp³-hybridized carbons (Fsp3) is 0.529. The van der Waals surface area contributed by atoms with Gasteiger partial charge in [-0.3, -0.25) is 14.7 Å². The fourth-order valence-electron chi connectivity index (χ4n) is 3.36. The lowest BCUT2D eigenvalue weighted by atomic mass is 9.96. The third-order valence-corrected chi connectivity index (χ3v) is 4.92. The maximum atomic E-state index is 12.8. The molecule has 0 spiro atoms. The largest absolute Gasteiger partial charge is 0.338 e. The Balaban J connectivity index is 1.51. The van der Waals surface area contributed by atoms with Crippen molar-refractivity contribution in [2.24, 2.45) is 0 Å². The lowest BCUT2D eigenvalue weighted by molar-refractivity contribution is 0.0703. The second-order valence-electron chi connectivity index (χ2n) is 6.84. The van der Waals surface area contributed by atoms with E-state index >= 15 is 0 Å². The molecule has 2 N–H and O–H groups in total. The van der Waals surface area contributed by atoms with Crippen LogP contribution in [-0.2, 0) is 0 Å². The number of piperidine rings is 1. The molecule has 7 nitrogen and oxygen atoms in total. The van der Waals surface area contributed by atoms with Crippen LogP contribution in [0.3, 0.4) is 0 Å². The maximum Gasteiger partial charge on any atom is 0.255 e. The number of hydrogen-bond donors (Lipinski definition) is 2. The molecule has 1 amide bonds. The molecule has 0 bridgehead atoms. The molecule has 1 saturated heterocycles. The SMILES string of the molecule is Cc1cc(=O)[nH]cc1C(=O)N1CCCC(c2n[nH]c(C3CC3)n2)C1. The number of hydrogen-bond acceptors (Lipinski definition) is 4. The van der Waals surface area contributed by atoms with Crippen molar-refractivity contribution >= 4 is 5.91 Å². The highest BCUT2D eigenvalue weighted by Gasteiger charge is 2.31. The van der Waals surface area contributed by atoms with Crippen molar-refractivity contribution in [1.29, 1.82) is 0 Å². The summed E-state index contributed by atoms with van der Waals surface area (Å²) < 4.78 is 0. The van der Waals surface area contributed by atoms with Crippen molar-refractivity contribution in [3.05, 3.63) is 45.4 Å². The first kappa shape index (κ1) is 15.1. The third kappa shape index (κ3) is 2.86. The van der Waals surface area contributed by atoms with Gasteiger partial charge in [0.1, 0.15) is 5.82 Å². The van der Waals surface area contributed by atoms with Crippen molar-refractivity contribution in [3.8, 4) is 0 Å². The summed E-state index contributed by atoms with van der Waals surface area (Å²) in [6.07, 6.45) is 5.83. The molecule has 2 aromatic rings. The fourth-order valence-corrected chi connectivity index (χ4v) is 3.36. The molecule has 4 rings (SSSR count). The quantitative estimate of drug-likeness (QED) is 0.897. The van der Waals surface area contributed by atoms with Crippen LogP contribution in [0.2, 0.25) is 0 Å². The van der Waals surface area contributed by atoms with Gasteiger partial charge in [0.15, 0.2) is 5.82 Å². The second kappa shape index (κ2) is 5.89. The summed E-state index contributed by atoms with van der Waals surface area (Å²) in [6, 6.07) is 1.46. The van der Waals surface area contributed by atoms with E-state index in [9.17, 15) is 9.59 Å². The zero-order valence-electron chi connectivity index (χ0n) is 13.7. The van der Waals surface area contributed by atoms with Gasteiger partial charge in [0.2, 0.25) is 5.56 Å². The van der Waals surface area contributed by atoms with Crippen LogP contribution in [0.25, 0.3) is 0 Å². The minimum absolute atomic E-state index is 0.0357. The molecule has 3 heterocycles. The van der Waals surface area contributed by atoms with Gasteiger partial charge < -0.3 is 9.88 Å². The molecule has 24 heavy (non-hydrogen) atoms. The monoisotopic (exact) mass is 327 g/mol. The summed E-state index contributed by atoms with van der Waals surface area (Å²) in [5.41, 5.74) is 1.08. The van der Waals surface area contributed by atoms with Crippen LogP contribution in [0.1, 0.15) is 65.1 Å². The summed E-state index contributed by atoms with van der Waals surface area (Å²) in [4.78, 5) is 33.2. The van der Waals surface area contributed by atoms with E-state index < -0.39 is 0 Å². The van der Waals surface area contributed by atoms with Crippen LogP contribution >= 0.6 is 0 Å². The van der Waals surface area contributed by atoms with Gasteiger partial charge in [0.05, 0.1) is 5.56 Å². The van der Waals surface area contributed by atoms with Gasteiger partial charge in [-0.2, -0.15) is 5.10 Å². The Labute approximate surface area is 139 Å². The van der Waals surface area contributed by atoms with Crippen molar-refractivity contribution < 1.29 is 4.79 Å². The van der Waals surface area contributed by atoms with Gasteiger partial charge in [-0.05, 0) is 38.2 Å². The minimum Gasteiger partial charge on any atom is -0.338 e. The molecule has 1 atom stereocenters. The van der Waals surface area contributed by atoms with Gasteiger partial charge in [-0.1, -0.05) is 0 Å². The average Bonchev–Trinajstić information content (AvgIpc) is 3.31. The first-order valence-corrected chi connectivity index (χ1v) is 8.52. The molecule has 0 radical (unpaired) electrons. The van der Waals surface area contributed by atoms with Crippen molar-refractivity contribution in [3.63, 3.8) is 0 Å². The van der Waals surface area contributed by atoms with Crippen LogP contribution in [0.4, 0.5) is 0 Å². The van der Waals surface area contributed by atoms with Gasteiger partial charge in [-0.25, -0.2) is 4.98 Å². The number of carbonyl (C=O) groups is 1. The predicted octanol–water partition coefficient (Wildman–Crippen LogP) is 1.70. The zero-order valence-corrected chi connectivity index (χ0v) is 13.7. The molecule has 1 unspecified atom stereocenters. The normalized spacial score (nSPS) is 21.0. The van der Waals surface area contributed by atoms with E-state index in [-0.39, 0.29) is 17.4 Å². The third-order valence-electron chi connectivity index (χ3n) is 4.92. The van der Waals surface area contributed by atoms with E-state index in [0.717, 1.165) is 31.0 Å². The van der Waals surface area contributed by atoms with Crippen molar-refractivity contribution in [1.82, 2.24) is 25.1 Å². The Bertz CT molecular complexity index is 820. The number of aromatic amines is 2. The minimum atomic E-state index is -0.186. The summed E-state index contributed by atoms with van der Waals surface area (Å²) >= 11 is 0. The van der Waals surface area contributed by atoms with Gasteiger partial charge in [0, 0.05) is 37.2 Å².